The Kier molecular flexibility index (Phi) is 8.48. The van der Waals surface area contributed by atoms with Gasteiger partial charge in [0.05, 0.1) is 18.7 Å². The number of methoxy groups -OCH3 is 1. The molecule has 2 amide bonds. The highest BCUT2D eigenvalue weighted by atomic mass is 16.5. The summed E-state index contributed by atoms with van der Waals surface area (Å²) in [5, 5.41) is 2.93. The molecule has 0 aliphatic heterocycles. The molecule has 0 saturated carbocycles. The van der Waals surface area contributed by atoms with Gasteiger partial charge in [-0.15, -0.1) is 0 Å². The number of amides is 2. The van der Waals surface area contributed by atoms with E-state index in [0.717, 1.165) is 33.6 Å². The second-order valence-electron chi connectivity index (χ2n) is 9.04. The van der Waals surface area contributed by atoms with E-state index in [-0.39, 0.29) is 24.8 Å². The number of anilines is 1. The van der Waals surface area contributed by atoms with Crippen LogP contribution in [0.1, 0.15) is 16.7 Å². The van der Waals surface area contributed by atoms with Gasteiger partial charge in [-0.05, 0) is 31.5 Å². The summed E-state index contributed by atoms with van der Waals surface area (Å²) in [4.78, 5) is 32.4. The number of nitrogens with one attached hydrogen (secondary N) is 1. The molecule has 1 aromatic heterocycles. The van der Waals surface area contributed by atoms with E-state index in [0.29, 0.717) is 19.1 Å². The van der Waals surface area contributed by atoms with Crippen molar-refractivity contribution < 1.29 is 14.3 Å². The Morgan fingerprint density at radius 2 is 1.57 bits per heavy atom. The second-order valence-corrected chi connectivity index (χ2v) is 9.04. The molecule has 1 heterocycles. The van der Waals surface area contributed by atoms with Crippen LogP contribution in [0.25, 0.3) is 16.9 Å². The van der Waals surface area contributed by atoms with Crippen molar-refractivity contribution in [2.45, 2.75) is 20.3 Å². The highest BCUT2D eigenvalue weighted by Gasteiger charge is 2.20. The Labute approximate surface area is 217 Å². The average Bonchev–Trinajstić information content (AvgIpc) is 3.31. The molecule has 3 aromatic carbocycles. The van der Waals surface area contributed by atoms with Crippen LogP contribution in [0.3, 0.4) is 0 Å². The number of nitrogens with zero attached hydrogens (tertiary/aromatic N) is 3. The standard InChI is InChI=1S/C30H32N4O3/c1-22-9-13-25(14-10-22)27-20-34(26-15-11-23(2)12-16-26)30(31-27)32-28(35)21-33(17-18-37-3)29(36)19-24-7-5-4-6-8-24/h4-16,20H,17-19,21H2,1-3H3,(H,31,32,35). The Morgan fingerprint density at radius 3 is 2.22 bits per heavy atom. The van der Waals surface area contributed by atoms with E-state index in [1.165, 1.54) is 4.90 Å². The van der Waals surface area contributed by atoms with Crippen molar-refractivity contribution in [3.8, 4) is 16.9 Å². The van der Waals surface area contributed by atoms with Gasteiger partial charge in [-0.1, -0.05) is 77.9 Å². The summed E-state index contributed by atoms with van der Waals surface area (Å²) >= 11 is 0. The monoisotopic (exact) mass is 496 g/mol. The van der Waals surface area contributed by atoms with Gasteiger partial charge in [0.2, 0.25) is 17.8 Å². The highest BCUT2D eigenvalue weighted by Crippen LogP contribution is 2.25. The molecule has 1 N–H and O–H groups in total. The zero-order valence-electron chi connectivity index (χ0n) is 21.5. The number of aromatic nitrogens is 2. The van der Waals surface area contributed by atoms with Crippen molar-refractivity contribution in [2.24, 2.45) is 0 Å². The molecule has 0 aliphatic carbocycles. The summed E-state index contributed by atoms with van der Waals surface area (Å²) in [6.07, 6.45) is 2.13. The molecule has 0 spiro atoms. The first kappa shape index (κ1) is 25.9. The van der Waals surface area contributed by atoms with E-state index in [2.05, 4.69) is 5.32 Å². The normalized spacial score (nSPS) is 10.8. The summed E-state index contributed by atoms with van der Waals surface area (Å²) in [7, 11) is 1.57. The van der Waals surface area contributed by atoms with Crippen LogP contribution < -0.4 is 5.32 Å². The largest absolute Gasteiger partial charge is 0.383 e. The minimum atomic E-state index is -0.327. The maximum absolute atomic E-state index is 13.2. The van der Waals surface area contributed by atoms with E-state index in [4.69, 9.17) is 9.72 Å². The summed E-state index contributed by atoms with van der Waals surface area (Å²) in [5.41, 5.74) is 5.76. The summed E-state index contributed by atoms with van der Waals surface area (Å²) < 4.78 is 7.04. The second kappa shape index (κ2) is 12.1. The Balaban J connectivity index is 1.56. The lowest BCUT2D eigenvalue weighted by Gasteiger charge is -2.22. The Hall–Kier alpha value is -4.23. The van der Waals surface area contributed by atoms with Gasteiger partial charge in [0.25, 0.3) is 0 Å². The van der Waals surface area contributed by atoms with Crippen molar-refractivity contribution in [3.05, 3.63) is 102 Å². The van der Waals surface area contributed by atoms with Crippen molar-refractivity contribution in [2.75, 3.05) is 32.1 Å². The number of hydrogen-bond donors (Lipinski definition) is 1. The highest BCUT2D eigenvalue weighted by molar-refractivity contribution is 5.94. The van der Waals surface area contributed by atoms with Crippen LogP contribution in [0, 0.1) is 13.8 Å². The van der Waals surface area contributed by atoms with Crippen LogP contribution in [-0.2, 0) is 20.7 Å². The molecule has 0 aliphatic rings. The molecule has 7 nitrogen and oxygen atoms in total. The molecular formula is C30H32N4O3. The molecule has 4 aromatic rings. The molecule has 0 fully saturated rings. The molecule has 0 unspecified atom stereocenters. The topological polar surface area (TPSA) is 76.5 Å². The Morgan fingerprint density at radius 1 is 0.919 bits per heavy atom. The predicted molar refractivity (Wildman–Crippen MR) is 146 cm³/mol. The first-order valence-electron chi connectivity index (χ1n) is 12.3. The number of carbonyl (C=O) groups is 2. The number of rotatable bonds is 10. The van der Waals surface area contributed by atoms with Gasteiger partial charge < -0.3 is 9.64 Å². The molecule has 37 heavy (non-hydrogen) atoms. The van der Waals surface area contributed by atoms with Gasteiger partial charge in [-0.25, -0.2) is 4.98 Å². The zero-order valence-corrected chi connectivity index (χ0v) is 21.5. The SMILES string of the molecule is COCCN(CC(=O)Nc1nc(-c2ccc(C)cc2)cn1-c1ccc(C)cc1)C(=O)Cc1ccccc1. The third kappa shape index (κ3) is 6.92. The van der Waals surface area contributed by atoms with Gasteiger partial charge in [0.15, 0.2) is 0 Å². The smallest absolute Gasteiger partial charge is 0.246 e. The van der Waals surface area contributed by atoms with E-state index in [1.54, 1.807) is 7.11 Å². The van der Waals surface area contributed by atoms with Crippen molar-refractivity contribution in [1.82, 2.24) is 14.5 Å². The van der Waals surface area contributed by atoms with Crippen LogP contribution >= 0.6 is 0 Å². The molecule has 190 valence electrons. The maximum atomic E-state index is 13.2. The van der Waals surface area contributed by atoms with Crippen LogP contribution in [0.5, 0.6) is 0 Å². The molecule has 4 rings (SSSR count). The van der Waals surface area contributed by atoms with Crippen LogP contribution in [0.2, 0.25) is 0 Å². The molecule has 0 saturated heterocycles. The summed E-state index contributed by atoms with van der Waals surface area (Å²) in [6.45, 7) is 4.61. The minimum Gasteiger partial charge on any atom is -0.383 e. The molecule has 0 atom stereocenters. The number of aryl methyl sites for hydroxylation is 2. The fourth-order valence-electron chi connectivity index (χ4n) is 3.95. The summed E-state index contributed by atoms with van der Waals surface area (Å²) in [6, 6.07) is 25.6. The Bertz CT molecular complexity index is 1330. The number of benzene rings is 3. The maximum Gasteiger partial charge on any atom is 0.246 e. The number of carbonyl (C=O) groups excluding carboxylic acids is 2. The fourth-order valence-corrected chi connectivity index (χ4v) is 3.95. The average molecular weight is 497 g/mol. The fraction of sp³-hybridized carbons (Fsp3) is 0.233. The van der Waals surface area contributed by atoms with E-state index in [1.807, 2.05) is 103 Å². The lowest BCUT2D eigenvalue weighted by atomic mass is 10.1. The minimum absolute atomic E-state index is 0.102. The number of imidazole rings is 1. The third-order valence-electron chi connectivity index (χ3n) is 6.07. The van der Waals surface area contributed by atoms with Gasteiger partial charge in [0, 0.05) is 31.1 Å². The van der Waals surface area contributed by atoms with Crippen molar-refractivity contribution >= 4 is 17.8 Å². The number of ether oxygens (including phenoxy) is 1. The van der Waals surface area contributed by atoms with Gasteiger partial charge in [0.1, 0.15) is 6.54 Å². The van der Waals surface area contributed by atoms with E-state index >= 15 is 0 Å². The van der Waals surface area contributed by atoms with Crippen LogP contribution in [0.4, 0.5) is 5.95 Å². The first-order chi connectivity index (χ1) is 17.9. The zero-order chi connectivity index (χ0) is 26.2. The van der Waals surface area contributed by atoms with E-state index < -0.39 is 0 Å². The van der Waals surface area contributed by atoms with Crippen molar-refractivity contribution in [1.29, 1.82) is 0 Å². The third-order valence-corrected chi connectivity index (χ3v) is 6.07. The lowest BCUT2D eigenvalue weighted by molar-refractivity contribution is -0.134. The number of hydrogen-bond acceptors (Lipinski definition) is 4. The molecule has 0 bridgehead atoms. The van der Waals surface area contributed by atoms with Gasteiger partial charge in [-0.2, -0.15) is 0 Å². The molecule has 7 heteroatoms. The van der Waals surface area contributed by atoms with Gasteiger partial charge >= 0.3 is 0 Å². The van der Waals surface area contributed by atoms with Crippen LogP contribution in [-0.4, -0.2) is 53.1 Å². The molecule has 0 radical (unpaired) electrons. The quantitative estimate of drug-likeness (QED) is 0.342. The predicted octanol–water partition coefficient (Wildman–Crippen LogP) is 4.81. The first-order valence-corrected chi connectivity index (χ1v) is 12.3. The lowest BCUT2D eigenvalue weighted by Crippen LogP contribution is -2.41. The van der Waals surface area contributed by atoms with Gasteiger partial charge in [-0.3, -0.25) is 19.5 Å². The van der Waals surface area contributed by atoms with Crippen LogP contribution in [0.15, 0.2) is 85.1 Å². The molecular weight excluding hydrogens is 464 g/mol. The van der Waals surface area contributed by atoms with Crippen molar-refractivity contribution in [3.63, 3.8) is 0 Å². The summed E-state index contributed by atoms with van der Waals surface area (Å²) in [5.74, 6) is -0.0702. The van der Waals surface area contributed by atoms with E-state index in [9.17, 15) is 9.59 Å².